The summed E-state index contributed by atoms with van der Waals surface area (Å²) in [5.41, 5.74) is 1.58. The smallest absolute Gasteiger partial charge is 0.255 e. The van der Waals surface area contributed by atoms with Gasteiger partial charge in [-0.15, -0.1) is 11.8 Å². The number of halogens is 1. The maximum absolute atomic E-state index is 12.9. The second-order valence-corrected chi connectivity index (χ2v) is 7.42. The van der Waals surface area contributed by atoms with Crippen LogP contribution < -0.4 is 0 Å². The van der Waals surface area contributed by atoms with E-state index in [1.165, 1.54) is 0 Å². The Bertz CT molecular complexity index is 769. The molecule has 1 unspecified atom stereocenters. The SMILES string of the molecule is CN(Cc1cccc(Cl)c1)C(=O)C1CSCN1C(=O)c1ccccc1. The molecule has 6 heteroatoms. The zero-order valence-corrected chi connectivity index (χ0v) is 15.5. The molecule has 2 aromatic carbocycles. The van der Waals surface area contributed by atoms with Gasteiger partial charge in [-0.1, -0.05) is 41.9 Å². The number of rotatable bonds is 4. The zero-order valence-electron chi connectivity index (χ0n) is 13.9. The fourth-order valence-electron chi connectivity index (χ4n) is 2.84. The molecule has 4 nitrogen and oxygen atoms in total. The topological polar surface area (TPSA) is 40.6 Å². The third-order valence-electron chi connectivity index (χ3n) is 4.13. The first-order chi connectivity index (χ1) is 12.1. The van der Waals surface area contributed by atoms with Crippen LogP contribution in [0.1, 0.15) is 15.9 Å². The van der Waals surface area contributed by atoms with Crippen LogP contribution in [-0.4, -0.2) is 46.3 Å². The van der Waals surface area contributed by atoms with Crippen LogP contribution in [0.25, 0.3) is 0 Å². The van der Waals surface area contributed by atoms with E-state index < -0.39 is 6.04 Å². The highest BCUT2D eigenvalue weighted by Crippen LogP contribution is 2.25. The van der Waals surface area contributed by atoms with Gasteiger partial charge in [-0.2, -0.15) is 0 Å². The van der Waals surface area contributed by atoms with E-state index in [4.69, 9.17) is 11.6 Å². The highest BCUT2D eigenvalue weighted by atomic mass is 35.5. The molecule has 1 atom stereocenters. The first-order valence-corrected chi connectivity index (χ1v) is 9.52. The summed E-state index contributed by atoms with van der Waals surface area (Å²) < 4.78 is 0. The van der Waals surface area contributed by atoms with Gasteiger partial charge in [-0.3, -0.25) is 9.59 Å². The fraction of sp³-hybridized carbons (Fsp3) is 0.263. The molecule has 0 aliphatic carbocycles. The molecule has 1 fully saturated rings. The largest absolute Gasteiger partial charge is 0.340 e. The molecule has 0 aromatic heterocycles. The van der Waals surface area contributed by atoms with E-state index >= 15 is 0 Å². The third kappa shape index (κ3) is 4.17. The Labute approximate surface area is 156 Å². The van der Waals surface area contributed by atoms with Gasteiger partial charge < -0.3 is 9.80 Å². The summed E-state index contributed by atoms with van der Waals surface area (Å²) in [7, 11) is 1.76. The molecule has 3 rings (SSSR count). The van der Waals surface area contributed by atoms with Crippen molar-refractivity contribution in [3.8, 4) is 0 Å². The van der Waals surface area contributed by atoms with Gasteiger partial charge in [-0.05, 0) is 29.8 Å². The second kappa shape index (κ2) is 7.93. The fourth-order valence-corrected chi connectivity index (χ4v) is 4.19. The monoisotopic (exact) mass is 374 g/mol. The van der Waals surface area contributed by atoms with Crippen LogP contribution in [0.2, 0.25) is 5.02 Å². The van der Waals surface area contributed by atoms with Crippen LogP contribution in [0.3, 0.4) is 0 Å². The average Bonchev–Trinajstić information content (AvgIpc) is 3.10. The Hall–Kier alpha value is -1.98. The molecule has 0 spiro atoms. The molecule has 2 aromatic rings. The molecule has 0 N–H and O–H groups in total. The normalized spacial score (nSPS) is 16.7. The predicted octanol–water partition coefficient (Wildman–Crippen LogP) is 3.51. The number of hydrogen-bond acceptors (Lipinski definition) is 3. The van der Waals surface area contributed by atoms with Gasteiger partial charge in [0.2, 0.25) is 5.91 Å². The van der Waals surface area contributed by atoms with E-state index in [2.05, 4.69) is 0 Å². The van der Waals surface area contributed by atoms with E-state index in [9.17, 15) is 9.59 Å². The number of carbonyl (C=O) groups excluding carboxylic acids is 2. The Morgan fingerprint density at radius 2 is 1.96 bits per heavy atom. The van der Waals surface area contributed by atoms with Gasteiger partial charge in [0.15, 0.2) is 0 Å². The summed E-state index contributed by atoms with van der Waals surface area (Å²) in [6.07, 6.45) is 0. The standard InChI is InChI=1S/C19H19ClN2O2S/c1-21(11-14-6-5-9-16(20)10-14)19(24)17-12-25-13-22(17)18(23)15-7-3-2-4-8-15/h2-10,17H,11-13H2,1H3. The van der Waals surface area contributed by atoms with Gasteiger partial charge in [0.25, 0.3) is 5.91 Å². The highest BCUT2D eigenvalue weighted by Gasteiger charge is 2.36. The molecule has 0 radical (unpaired) electrons. The van der Waals surface area contributed by atoms with Crippen molar-refractivity contribution in [3.05, 3.63) is 70.7 Å². The molecular formula is C19H19ClN2O2S. The van der Waals surface area contributed by atoms with E-state index in [0.717, 1.165) is 5.56 Å². The van der Waals surface area contributed by atoms with Crippen molar-refractivity contribution in [2.45, 2.75) is 12.6 Å². The number of hydrogen-bond donors (Lipinski definition) is 0. The van der Waals surface area contributed by atoms with Crippen molar-refractivity contribution in [2.24, 2.45) is 0 Å². The van der Waals surface area contributed by atoms with Gasteiger partial charge in [-0.25, -0.2) is 0 Å². The van der Waals surface area contributed by atoms with Gasteiger partial charge >= 0.3 is 0 Å². The molecule has 130 valence electrons. The van der Waals surface area contributed by atoms with E-state index in [1.54, 1.807) is 46.8 Å². The minimum absolute atomic E-state index is 0.0470. The predicted molar refractivity (Wildman–Crippen MR) is 102 cm³/mol. The molecule has 1 aliphatic heterocycles. The quantitative estimate of drug-likeness (QED) is 0.822. The number of benzene rings is 2. The number of likely N-dealkylation sites (N-methyl/N-ethyl adjacent to an activating group) is 1. The van der Waals surface area contributed by atoms with E-state index in [0.29, 0.717) is 28.8 Å². The summed E-state index contributed by atoms with van der Waals surface area (Å²) >= 11 is 7.61. The third-order valence-corrected chi connectivity index (χ3v) is 5.38. The molecule has 1 aliphatic rings. The lowest BCUT2D eigenvalue weighted by molar-refractivity contribution is -0.134. The van der Waals surface area contributed by atoms with Crippen LogP contribution in [-0.2, 0) is 11.3 Å². The molecule has 0 saturated carbocycles. The molecular weight excluding hydrogens is 356 g/mol. The van der Waals surface area contributed by atoms with Crippen LogP contribution >= 0.6 is 23.4 Å². The van der Waals surface area contributed by atoms with Crippen LogP contribution in [0.5, 0.6) is 0 Å². The Balaban J connectivity index is 1.71. The number of nitrogens with zero attached hydrogens (tertiary/aromatic N) is 2. The molecule has 2 amide bonds. The summed E-state index contributed by atoms with van der Waals surface area (Å²) in [4.78, 5) is 28.9. The lowest BCUT2D eigenvalue weighted by Gasteiger charge is -2.27. The second-order valence-electron chi connectivity index (χ2n) is 5.98. The zero-order chi connectivity index (χ0) is 17.8. The maximum atomic E-state index is 12.9. The Morgan fingerprint density at radius 3 is 2.68 bits per heavy atom. The van der Waals surface area contributed by atoms with Gasteiger partial charge in [0, 0.05) is 29.9 Å². The first-order valence-electron chi connectivity index (χ1n) is 7.99. The van der Waals surface area contributed by atoms with Crippen molar-refractivity contribution in [2.75, 3.05) is 18.7 Å². The minimum atomic E-state index is -0.429. The Kier molecular flexibility index (Phi) is 5.66. The first kappa shape index (κ1) is 17.8. The minimum Gasteiger partial charge on any atom is -0.340 e. The molecule has 1 heterocycles. The van der Waals surface area contributed by atoms with Crippen LogP contribution in [0, 0.1) is 0 Å². The summed E-state index contributed by atoms with van der Waals surface area (Å²) in [5, 5.41) is 0.649. The van der Waals surface area contributed by atoms with Crippen LogP contribution in [0.15, 0.2) is 54.6 Å². The lowest BCUT2D eigenvalue weighted by Crippen LogP contribution is -2.47. The summed E-state index contributed by atoms with van der Waals surface area (Å²) in [6.45, 7) is 0.466. The average molecular weight is 375 g/mol. The van der Waals surface area contributed by atoms with Gasteiger partial charge in [0.1, 0.15) is 6.04 Å². The van der Waals surface area contributed by atoms with Gasteiger partial charge in [0.05, 0.1) is 5.88 Å². The van der Waals surface area contributed by atoms with E-state index in [1.807, 2.05) is 36.4 Å². The van der Waals surface area contributed by atoms with Crippen molar-refractivity contribution in [1.82, 2.24) is 9.80 Å². The maximum Gasteiger partial charge on any atom is 0.255 e. The highest BCUT2D eigenvalue weighted by molar-refractivity contribution is 7.99. The van der Waals surface area contributed by atoms with E-state index in [-0.39, 0.29) is 11.8 Å². The van der Waals surface area contributed by atoms with Crippen molar-refractivity contribution >= 4 is 35.2 Å². The number of carbonyl (C=O) groups is 2. The lowest BCUT2D eigenvalue weighted by atomic mass is 10.1. The van der Waals surface area contributed by atoms with Crippen molar-refractivity contribution in [3.63, 3.8) is 0 Å². The number of amides is 2. The molecule has 0 bridgehead atoms. The Morgan fingerprint density at radius 1 is 1.20 bits per heavy atom. The summed E-state index contributed by atoms with van der Waals surface area (Å²) in [5.74, 6) is 1.02. The van der Waals surface area contributed by atoms with Crippen molar-refractivity contribution in [1.29, 1.82) is 0 Å². The van der Waals surface area contributed by atoms with Crippen LogP contribution in [0.4, 0.5) is 0 Å². The number of thioether (sulfide) groups is 1. The molecule has 1 saturated heterocycles. The summed E-state index contributed by atoms with van der Waals surface area (Å²) in [6, 6.07) is 16.1. The molecule has 25 heavy (non-hydrogen) atoms. The van der Waals surface area contributed by atoms with Crippen molar-refractivity contribution < 1.29 is 9.59 Å².